The first-order chi connectivity index (χ1) is 51.2. The Hall–Kier alpha value is -8.15. The van der Waals surface area contributed by atoms with Gasteiger partial charge in [0.2, 0.25) is 28.5 Å². The molecule has 10 aromatic rings. The molecular weight excluding hydrogens is 1220 g/mol. The Kier molecular flexibility index (Phi) is 26.3. The van der Waals surface area contributed by atoms with Gasteiger partial charge >= 0.3 is 0 Å². The molecule has 0 atom stereocenters. The standard InChI is InChI=1S/2C21H30N.3C18H24N/c2*1-15(2)11-18-13-21(20-10-8-7-9-17(20)5)22(6)14-19(18)12-16(3)4;1-13(2)10-16-7-9-18(19(5)12-16)17-8-6-14(3)11-15(17)4;2*1-13(2)10-16-12-19(5)18(11-15(16)4)17-9-7-6-8-14(17)3/h2*7-10,13-16H,11-12H2,1-6H3;3*6-9,11-13H,10H2,1-5H3/q5*+1/i11D2,12D2;;;4D3,10D2;. The van der Waals surface area contributed by atoms with E-state index in [-0.39, 0.29) is 28.9 Å². The summed E-state index contributed by atoms with van der Waals surface area (Å²) in [6, 6.07) is 52.4. The van der Waals surface area contributed by atoms with Gasteiger partial charge in [0.15, 0.2) is 31.0 Å². The second-order valence-corrected chi connectivity index (χ2v) is 30.9. The van der Waals surface area contributed by atoms with Crippen LogP contribution in [-0.2, 0) is 80.0 Å². The highest BCUT2D eigenvalue weighted by atomic mass is 14.9. The Balaban J connectivity index is 0.000000216. The minimum absolute atomic E-state index is 0.0811. The number of hydrogen-bond donors (Lipinski definition) is 0. The average Bonchev–Trinajstić information content (AvgIpc) is 0.760. The molecule has 0 radical (unpaired) electrons. The Bertz CT molecular complexity index is 4730. The Morgan fingerprint density at radius 3 is 1.01 bits per heavy atom. The van der Waals surface area contributed by atoms with Gasteiger partial charge in [0.05, 0.1) is 0 Å². The number of pyridine rings is 5. The zero-order valence-corrected chi connectivity index (χ0v) is 66.9. The lowest BCUT2D eigenvalue weighted by molar-refractivity contribution is -0.661. The van der Waals surface area contributed by atoms with Crippen molar-refractivity contribution in [2.24, 2.45) is 76.7 Å². The van der Waals surface area contributed by atoms with Crippen LogP contribution in [-0.4, -0.2) is 0 Å². The van der Waals surface area contributed by atoms with Gasteiger partial charge in [0, 0.05) is 98.3 Å². The molecule has 0 aliphatic carbocycles. The highest BCUT2D eigenvalue weighted by Crippen LogP contribution is 2.30. The molecule has 5 aromatic heterocycles. The van der Waals surface area contributed by atoms with Gasteiger partial charge in [-0.2, -0.15) is 0 Å². The molecule has 101 heavy (non-hydrogen) atoms. The molecule has 5 nitrogen and oxygen atoms in total. The van der Waals surface area contributed by atoms with E-state index >= 15 is 0 Å². The van der Waals surface area contributed by atoms with Crippen LogP contribution in [0.3, 0.4) is 0 Å². The van der Waals surface area contributed by atoms with Crippen molar-refractivity contribution in [3.05, 3.63) is 266 Å². The van der Waals surface area contributed by atoms with Crippen LogP contribution in [0.4, 0.5) is 0 Å². The summed E-state index contributed by atoms with van der Waals surface area (Å²) in [5.74, 6) is 1.92. The first-order valence-electron chi connectivity index (χ1n) is 41.6. The van der Waals surface area contributed by atoms with Gasteiger partial charge < -0.3 is 0 Å². The van der Waals surface area contributed by atoms with E-state index in [1.807, 2.05) is 119 Å². The lowest BCUT2D eigenvalue weighted by Crippen LogP contribution is -2.32. The second kappa shape index (κ2) is 38.8. The van der Waals surface area contributed by atoms with Crippen LogP contribution in [0.1, 0.15) is 193 Å². The van der Waals surface area contributed by atoms with E-state index in [1.54, 1.807) is 32.3 Å². The van der Waals surface area contributed by atoms with Crippen molar-refractivity contribution in [1.82, 2.24) is 0 Å². The van der Waals surface area contributed by atoms with E-state index in [0.29, 0.717) is 34.8 Å². The fraction of sp³-hybridized carbons (Fsp3) is 0.427. The summed E-state index contributed by atoms with van der Waals surface area (Å²) in [6.07, 6.45) is 9.95. The third-order valence-corrected chi connectivity index (χ3v) is 18.0. The van der Waals surface area contributed by atoms with Gasteiger partial charge in [-0.15, -0.1) is 0 Å². The zero-order valence-electron chi connectivity index (χ0n) is 75.9. The smallest absolute Gasteiger partial charge is 0.201 e. The van der Waals surface area contributed by atoms with Crippen LogP contribution in [0.25, 0.3) is 56.3 Å². The number of benzene rings is 5. The van der Waals surface area contributed by atoms with Crippen molar-refractivity contribution < 1.29 is 35.2 Å². The minimum Gasteiger partial charge on any atom is -0.201 e. The van der Waals surface area contributed by atoms with Crippen LogP contribution in [0, 0.1) is 96.7 Å². The van der Waals surface area contributed by atoms with Crippen molar-refractivity contribution >= 4 is 0 Å². The first-order valence-corrected chi connectivity index (χ1v) is 37.1. The Morgan fingerprint density at radius 1 is 0.267 bits per heavy atom. The molecular formula is C96H132N5+5. The molecule has 0 saturated carbocycles. The number of aryl methyl sites for hydroxylation is 13. The average molecular weight is 1370 g/mol. The maximum Gasteiger partial charge on any atom is 0.212 e. The Labute approximate surface area is 628 Å². The fourth-order valence-electron chi connectivity index (χ4n) is 13.2. The monoisotopic (exact) mass is 1360 g/mol. The summed E-state index contributed by atoms with van der Waals surface area (Å²) in [6.45, 7) is 41.7. The van der Waals surface area contributed by atoms with Gasteiger partial charge in [-0.25, -0.2) is 22.8 Å². The number of aromatic nitrogens is 5. The number of rotatable bonds is 19. The molecule has 0 unspecified atom stereocenters. The fourth-order valence-corrected chi connectivity index (χ4v) is 13.2. The van der Waals surface area contributed by atoms with Gasteiger partial charge in [-0.3, -0.25) is 0 Å². The highest BCUT2D eigenvalue weighted by molar-refractivity contribution is 5.65. The van der Waals surface area contributed by atoms with E-state index < -0.39 is 26.0 Å². The van der Waals surface area contributed by atoms with Crippen molar-refractivity contribution in [2.75, 3.05) is 0 Å². The lowest BCUT2D eigenvalue weighted by Gasteiger charge is -2.14. The van der Waals surface area contributed by atoms with Crippen LogP contribution in [0.15, 0.2) is 183 Å². The number of nitrogens with zero attached hydrogens (tertiary/aromatic N) is 5. The van der Waals surface area contributed by atoms with Crippen LogP contribution in [0.5, 0.6) is 0 Å². The largest absolute Gasteiger partial charge is 0.212 e. The van der Waals surface area contributed by atoms with Crippen molar-refractivity contribution in [3.63, 3.8) is 0 Å². The summed E-state index contributed by atoms with van der Waals surface area (Å²) < 4.78 is 85.4. The molecule has 0 aliphatic heterocycles. The maximum absolute atomic E-state index is 8.66. The topological polar surface area (TPSA) is 19.4 Å². The summed E-state index contributed by atoms with van der Waals surface area (Å²) >= 11 is 0. The van der Waals surface area contributed by atoms with Crippen LogP contribution < -0.4 is 22.8 Å². The lowest BCUT2D eigenvalue weighted by atomic mass is 9.92. The molecule has 0 aliphatic rings. The predicted octanol–water partition coefficient (Wildman–Crippen LogP) is 21.7. The molecule has 0 saturated heterocycles. The van der Waals surface area contributed by atoms with Crippen molar-refractivity contribution in [1.29, 1.82) is 0 Å². The molecule has 0 fully saturated rings. The summed E-state index contributed by atoms with van der Waals surface area (Å²) in [5, 5.41) is 0. The second-order valence-electron chi connectivity index (χ2n) is 30.9. The molecule has 0 spiro atoms. The van der Waals surface area contributed by atoms with Crippen molar-refractivity contribution in [2.45, 2.75) is 197 Å². The maximum atomic E-state index is 8.66. The van der Waals surface area contributed by atoms with Gasteiger partial charge in [-0.1, -0.05) is 187 Å². The third kappa shape index (κ3) is 24.5. The van der Waals surface area contributed by atoms with E-state index in [0.717, 1.165) is 59.3 Å². The highest BCUT2D eigenvalue weighted by Gasteiger charge is 2.23. The SMILES string of the molecule is Cc1cc(-c2ccccc2C)[n+](C)cc1CC(C)C.Cc1ccc(-c2ccc(CC(C)C)c[n+]2C)c(C)c1.Cc1ccccc1-c1cc(CC(C)C)c(CC(C)C)c[n+]1C.[2H]C([2H])([2H])c1cc(-c2ccccc2C)[n+](C)cc1C([2H])([2H])C(C)C.[2H]C([2H])(c1cc(-c2ccccc2C)[n+](C)cc1C([2H])([2H])C(C)C)C(C)C. The molecule has 0 bridgehead atoms. The third-order valence-electron chi connectivity index (χ3n) is 18.0. The first kappa shape index (κ1) is 68.6. The molecule has 5 heteroatoms. The summed E-state index contributed by atoms with van der Waals surface area (Å²) in [7, 11) is 10.2. The quantitative estimate of drug-likeness (QED) is 0.0719. The predicted molar refractivity (Wildman–Crippen MR) is 433 cm³/mol. The van der Waals surface area contributed by atoms with E-state index in [1.165, 1.54) is 83.8 Å². The van der Waals surface area contributed by atoms with Gasteiger partial charge in [-0.05, 0) is 228 Å². The Morgan fingerprint density at radius 2 is 0.604 bits per heavy atom. The van der Waals surface area contributed by atoms with Crippen LogP contribution >= 0.6 is 0 Å². The van der Waals surface area contributed by atoms with E-state index in [9.17, 15) is 0 Å². The molecule has 0 N–H and O–H groups in total. The van der Waals surface area contributed by atoms with Gasteiger partial charge in [0.1, 0.15) is 35.2 Å². The van der Waals surface area contributed by atoms with E-state index in [4.69, 9.17) is 12.3 Å². The molecule has 536 valence electrons. The molecule has 5 aromatic carbocycles. The zero-order chi connectivity index (χ0) is 82.4. The van der Waals surface area contributed by atoms with Crippen LogP contribution in [0.2, 0.25) is 0 Å². The van der Waals surface area contributed by atoms with Crippen molar-refractivity contribution in [3.8, 4) is 56.3 Å². The molecule has 5 heterocycles. The minimum atomic E-state index is -2.37. The summed E-state index contributed by atoms with van der Waals surface area (Å²) in [4.78, 5) is 0. The van der Waals surface area contributed by atoms with Gasteiger partial charge in [0.25, 0.3) is 0 Å². The van der Waals surface area contributed by atoms with E-state index in [2.05, 4.69) is 234 Å². The molecule has 0 amide bonds. The summed E-state index contributed by atoms with van der Waals surface area (Å²) in [5.41, 5.74) is 27.5. The molecule has 10 rings (SSSR count). The number of hydrogen-bond acceptors (Lipinski definition) is 0. The normalized spacial score (nSPS) is 13.1.